The number of nitrogens with one attached hydrogen (secondary N) is 1. The third kappa shape index (κ3) is 4.16. The van der Waals surface area contributed by atoms with E-state index in [9.17, 15) is 9.59 Å². The molecule has 3 aromatic carbocycles. The predicted molar refractivity (Wildman–Crippen MR) is 113 cm³/mol. The molecule has 0 saturated carbocycles. The third-order valence-electron chi connectivity index (χ3n) is 4.92. The van der Waals surface area contributed by atoms with Gasteiger partial charge in [-0.3, -0.25) is 9.59 Å². The summed E-state index contributed by atoms with van der Waals surface area (Å²) < 4.78 is 11.0. The van der Waals surface area contributed by atoms with Gasteiger partial charge in [-0.1, -0.05) is 30.3 Å². The van der Waals surface area contributed by atoms with Crippen LogP contribution >= 0.6 is 0 Å². The number of benzene rings is 3. The molecule has 29 heavy (non-hydrogen) atoms. The molecule has 3 aromatic rings. The molecule has 0 aliphatic carbocycles. The predicted octanol–water partition coefficient (Wildman–Crippen LogP) is 3.99. The Kier molecular flexibility index (Phi) is 5.33. The molecular formula is C23H22N2O4. The van der Waals surface area contributed by atoms with Gasteiger partial charge in [0.25, 0.3) is 5.91 Å². The Bertz CT molecular complexity index is 1060. The standard InChI is InChI=1S/C23H22N2O4/c1-28-21-14-18(9-11-20(21)25-12-4-7-23(25)27)24-22(26)15-29-19-10-8-16-5-2-3-6-17(16)13-19/h2-3,5-6,8-11,13-14H,4,7,12,15H2,1H3,(H,24,26). The van der Waals surface area contributed by atoms with E-state index in [1.807, 2.05) is 42.5 Å². The first-order valence-electron chi connectivity index (χ1n) is 9.54. The molecule has 148 valence electrons. The van der Waals surface area contributed by atoms with Crippen molar-refractivity contribution in [3.63, 3.8) is 0 Å². The fraction of sp³-hybridized carbons (Fsp3) is 0.217. The Labute approximate surface area is 169 Å². The van der Waals surface area contributed by atoms with Crippen LogP contribution in [-0.2, 0) is 9.59 Å². The first-order valence-corrected chi connectivity index (χ1v) is 9.54. The molecule has 0 atom stereocenters. The molecule has 1 aliphatic heterocycles. The van der Waals surface area contributed by atoms with Crippen molar-refractivity contribution in [3.05, 3.63) is 60.7 Å². The Morgan fingerprint density at radius 1 is 1.07 bits per heavy atom. The van der Waals surface area contributed by atoms with Crippen LogP contribution in [0.4, 0.5) is 11.4 Å². The van der Waals surface area contributed by atoms with E-state index >= 15 is 0 Å². The summed E-state index contributed by atoms with van der Waals surface area (Å²) in [6.45, 7) is 0.577. The number of hydrogen-bond acceptors (Lipinski definition) is 4. The number of fused-ring (bicyclic) bond motifs is 1. The highest BCUT2D eigenvalue weighted by Crippen LogP contribution is 2.33. The number of rotatable bonds is 6. The normalized spacial score (nSPS) is 13.6. The number of nitrogens with zero attached hydrogens (tertiary/aromatic N) is 1. The van der Waals surface area contributed by atoms with Gasteiger partial charge in [0.2, 0.25) is 5.91 Å². The van der Waals surface area contributed by atoms with E-state index in [1.165, 1.54) is 0 Å². The molecule has 6 nitrogen and oxygen atoms in total. The fourth-order valence-corrected chi connectivity index (χ4v) is 3.48. The zero-order valence-electron chi connectivity index (χ0n) is 16.2. The molecule has 0 bridgehead atoms. The van der Waals surface area contributed by atoms with Gasteiger partial charge in [0, 0.05) is 24.7 Å². The first kappa shape index (κ1) is 18.8. The zero-order chi connectivity index (χ0) is 20.2. The maximum atomic E-state index is 12.3. The Balaban J connectivity index is 1.40. The first-order chi connectivity index (χ1) is 14.1. The highest BCUT2D eigenvalue weighted by Gasteiger charge is 2.24. The Hall–Kier alpha value is -3.54. The van der Waals surface area contributed by atoms with Crippen LogP contribution in [0.2, 0.25) is 0 Å². The van der Waals surface area contributed by atoms with Crippen LogP contribution < -0.4 is 19.7 Å². The van der Waals surface area contributed by atoms with Gasteiger partial charge in [-0.15, -0.1) is 0 Å². The van der Waals surface area contributed by atoms with Crippen molar-refractivity contribution in [1.82, 2.24) is 0 Å². The summed E-state index contributed by atoms with van der Waals surface area (Å²) in [4.78, 5) is 26.0. The summed E-state index contributed by atoms with van der Waals surface area (Å²) in [6, 6.07) is 19.0. The highest BCUT2D eigenvalue weighted by atomic mass is 16.5. The minimum absolute atomic E-state index is 0.0869. The summed E-state index contributed by atoms with van der Waals surface area (Å²) in [5.41, 5.74) is 1.31. The van der Waals surface area contributed by atoms with Crippen molar-refractivity contribution in [2.24, 2.45) is 0 Å². The van der Waals surface area contributed by atoms with Gasteiger partial charge >= 0.3 is 0 Å². The number of methoxy groups -OCH3 is 1. The Morgan fingerprint density at radius 3 is 2.66 bits per heavy atom. The van der Waals surface area contributed by atoms with Gasteiger partial charge < -0.3 is 19.7 Å². The monoisotopic (exact) mass is 390 g/mol. The van der Waals surface area contributed by atoms with Gasteiger partial charge in [-0.2, -0.15) is 0 Å². The molecule has 1 saturated heterocycles. The van der Waals surface area contributed by atoms with Crippen molar-refractivity contribution < 1.29 is 19.1 Å². The van der Waals surface area contributed by atoms with Crippen molar-refractivity contribution in [3.8, 4) is 11.5 Å². The lowest BCUT2D eigenvalue weighted by Crippen LogP contribution is -2.24. The van der Waals surface area contributed by atoms with Crippen LogP contribution in [0.5, 0.6) is 11.5 Å². The number of anilines is 2. The van der Waals surface area contributed by atoms with Gasteiger partial charge in [0.05, 0.1) is 12.8 Å². The summed E-state index contributed by atoms with van der Waals surface area (Å²) in [5.74, 6) is 1.00. The largest absolute Gasteiger partial charge is 0.494 e. The number of carbonyl (C=O) groups excluding carboxylic acids is 2. The zero-order valence-corrected chi connectivity index (χ0v) is 16.2. The second kappa shape index (κ2) is 8.22. The summed E-state index contributed by atoms with van der Waals surface area (Å²) >= 11 is 0. The molecule has 1 fully saturated rings. The smallest absolute Gasteiger partial charge is 0.262 e. The average Bonchev–Trinajstić information content (AvgIpc) is 3.17. The van der Waals surface area contributed by atoms with Crippen molar-refractivity contribution >= 4 is 34.0 Å². The molecule has 0 spiro atoms. The molecule has 0 aromatic heterocycles. The molecule has 1 heterocycles. The number of hydrogen-bond donors (Lipinski definition) is 1. The van der Waals surface area contributed by atoms with Crippen molar-refractivity contribution in [1.29, 1.82) is 0 Å². The van der Waals surface area contributed by atoms with E-state index in [2.05, 4.69) is 5.32 Å². The number of amides is 2. The summed E-state index contributed by atoms with van der Waals surface area (Å²) in [7, 11) is 1.55. The van der Waals surface area contributed by atoms with E-state index in [0.29, 0.717) is 30.2 Å². The molecule has 0 unspecified atom stereocenters. The fourth-order valence-electron chi connectivity index (χ4n) is 3.48. The second-order valence-electron chi connectivity index (χ2n) is 6.88. The maximum Gasteiger partial charge on any atom is 0.262 e. The average molecular weight is 390 g/mol. The SMILES string of the molecule is COc1cc(NC(=O)COc2ccc3ccccc3c2)ccc1N1CCCC1=O. The lowest BCUT2D eigenvalue weighted by molar-refractivity contribution is -0.118. The number of ether oxygens (including phenoxy) is 2. The van der Waals surface area contributed by atoms with Crippen LogP contribution in [0, 0.1) is 0 Å². The van der Waals surface area contributed by atoms with Crippen LogP contribution in [-0.4, -0.2) is 32.1 Å². The second-order valence-corrected chi connectivity index (χ2v) is 6.88. The van der Waals surface area contributed by atoms with Gasteiger partial charge in [-0.25, -0.2) is 0 Å². The quantitative estimate of drug-likeness (QED) is 0.691. The molecule has 1 N–H and O–H groups in total. The summed E-state index contributed by atoms with van der Waals surface area (Å²) in [5, 5.41) is 4.98. The van der Waals surface area contributed by atoms with Crippen LogP contribution in [0.3, 0.4) is 0 Å². The van der Waals surface area contributed by atoms with E-state index in [4.69, 9.17) is 9.47 Å². The molecule has 2 amide bonds. The maximum absolute atomic E-state index is 12.3. The molecule has 1 aliphatic rings. The van der Waals surface area contributed by atoms with Crippen LogP contribution in [0.25, 0.3) is 10.8 Å². The van der Waals surface area contributed by atoms with E-state index in [1.54, 1.807) is 30.2 Å². The highest BCUT2D eigenvalue weighted by molar-refractivity contribution is 5.98. The Morgan fingerprint density at radius 2 is 1.90 bits per heavy atom. The van der Waals surface area contributed by atoms with E-state index in [0.717, 1.165) is 22.9 Å². The molecular weight excluding hydrogens is 368 g/mol. The lowest BCUT2D eigenvalue weighted by Gasteiger charge is -2.19. The van der Waals surface area contributed by atoms with Gasteiger partial charge in [-0.05, 0) is 41.5 Å². The lowest BCUT2D eigenvalue weighted by atomic mass is 10.1. The third-order valence-corrected chi connectivity index (χ3v) is 4.92. The van der Waals surface area contributed by atoms with Gasteiger partial charge in [0.15, 0.2) is 6.61 Å². The van der Waals surface area contributed by atoms with E-state index in [-0.39, 0.29) is 18.4 Å². The minimum atomic E-state index is -0.273. The van der Waals surface area contributed by atoms with E-state index < -0.39 is 0 Å². The molecule has 0 radical (unpaired) electrons. The van der Waals surface area contributed by atoms with Crippen LogP contribution in [0.1, 0.15) is 12.8 Å². The van der Waals surface area contributed by atoms with Crippen molar-refractivity contribution in [2.75, 3.05) is 30.5 Å². The van der Waals surface area contributed by atoms with Gasteiger partial charge in [0.1, 0.15) is 11.5 Å². The number of carbonyl (C=O) groups is 2. The van der Waals surface area contributed by atoms with Crippen LogP contribution in [0.15, 0.2) is 60.7 Å². The topological polar surface area (TPSA) is 67.9 Å². The minimum Gasteiger partial charge on any atom is -0.494 e. The summed E-state index contributed by atoms with van der Waals surface area (Å²) in [6.07, 6.45) is 1.39. The molecule has 4 rings (SSSR count). The molecule has 6 heteroatoms. The van der Waals surface area contributed by atoms with Crippen molar-refractivity contribution in [2.45, 2.75) is 12.8 Å².